The van der Waals surface area contributed by atoms with Gasteiger partial charge >= 0.3 is 5.97 Å². The fraction of sp³-hybridized carbons (Fsp3) is 0.154. The first-order valence-corrected chi connectivity index (χ1v) is 11.7. The van der Waals surface area contributed by atoms with E-state index in [4.69, 9.17) is 4.74 Å². The number of ether oxygens (including phenoxy) is 1. The van der Waals surface area contributed by atoms with Crippen LogP contribution in [0.1, 0.15) is 40.4 Å². The summed E-state index contributed by atoms with van der Waals surface area (Å²) in [7, 11) is 0. The number of carbonyl (C=O) groups excluding carboxylic acids is 2. The Balaban J connectivity index is 1.46. The number of rotatable bonds is 4. The normalized spacial score (nSPS) is 17.2. The van der Waals surface area contributed by atoms with Gasteiger partial charge in [-0.1, -0.05) is 24.3 Å². The lowest BCUT2D eigenvalue weighted by molar-refractivity contribution is -0.384. The van der Waals surface area contributed by atoms with Gasteiger partial charge in [0.1, 0.15) is 5.75 Å². The number of benzene rings is 3. The summed E-state index contributed by atoms with van der Waals surface area (Å²) in [5.74, 6) is -0.133. The number of thioether (sulfide) groups is 1. The average molecular weight is 473 g/mol. The van der Waals surface area contributed by atoms with Gasteiger partial charge in [0, 0.05) is 34.7 Å². The first kappa shape index (κ1) is 21.9. The molecule has 1 N–H and O–H groups in total. The van der Waals surface area contributed by atoms with E-state index in [1.165, 1.54) is 24.3 Å². The van der Waals surface area contributed by atoms with Gasteiger partial charge < -0.3 is 10.1 Å². The zero-order valence-electron chi connectivity index (χ0n) is 18.0. The number of hydrogen-bond donors (Lipinski definition) is 1. The molecule has 34 heavy (non-hydrogen) atoms. The van der Waals surface area contributed by atoms with Gasteiger partial charge in [-0.2, -0.15) is 0 Å². The van der Waals surface area contributed by atoms with Crippen molar-refractivity contribution in [3.63, 3.8) is 0 Å². The van der Waals surface area contributed by atoms with Crippen LogP contribution in [-0.2, 0) is 4.79 Å². The molecule has 3 aromatic carbocycles. The number of allylic oxidation sites excluding steroid dienone is 1. The summed E-state index contributed by atoms with van der Waals surface area (Å²) in [6.45, 7) is 0. The molecule has 0 aromatic heterocycles. The molecule has 1 aliphatic heterocycles. The molecule has 0 fully saturated rings. The molecule has 2 aliphatic rings. The number of nitro groups is 1. The maximum atomic E-state index is 13.0. The van der Waals surface area contributed by atoms with Gasteiger partial charge in [-0.15, -0.1) is 11.8 Å². The molecule has 7 nitrogen and oxygen atoms in total. The van der Waals surface area contributed by atoms with Crippen molar-refractivity contribution in [2.45, 2.75) is 29.4 Å². The molecule has 170 valence electrons. The lowest BCUT2D eigenvalue weighted by atomic mass is 9.89. The molecule has 0 saturated heterocycles. The number of esters is 1. The summed E-state index contributed by atoms with van der Waals surface area (Å²) in [6, 6.07) is 20.4. The van der Waals surface area contributed by atoms with Gasteiger partial charge in [0.15, 0.2) is 5.78 Å². The number of carbonyl (C=O) groups is 2. The van der Waals surface area contributed by atoms with Crippen LogP contribution in [0.4, 0.5) is 11.4 Å². The molecular formula is C26H20N2O5S. The zero-order valence-corrected chi connectivity index (χ0v) is 18.8. The summed E-state index contributed by atoms with van der Waals surface area (Å²) in [5, 5.41) is 14.1. The number of para-hydroxylation sites is 1. The van der Waals surface area contributed by atoms with Crippen molar-refractivity contribution in [2.24, 2.45) is 0 Å². The molecule has 0 spiro atoms. The zero-order chi connectivity index (χ0) is 23.7. The molecule has 5 rings (SSSR count). The number of Topliss-reactive ketones (excluding diaryl/α,β-unsaturated/α-hetero) is 1. The van der Waals surface area contributed by atoms with E-state index in [9.17, 15) is 19.7 Å². The highest BCUT2D eigenvalue weighted by molar-refractivity contribution is 8.00. The molecule has 1 atom stereocenters. The van der Waals surface area contributed by atoms with E-state index in [1.807, 2.05) is 30.3 Å². The average Bonchev–Trinajstić information content (AvgIpc) is 3.02. The van der Waals surface area contributed by atoms with Gasteiger partial charge in [-0.3, -0.25) is 14.9 Å². The quantitative estimate of drug-likeness (QED) is 0.213. The van der Waals surface area contributed by atoms with Crippen LogP contribution in [0.2, 0.25) is 0 Å². The van der Waals surface area contributed by atoms with Crippen molar-refractivity contribution in [2.75, 3.05) is 5.32 Å². The Morgan fingerprint density at radius 2 is 1.82 bits per heavy atom. The summed E-state index contributed by atoms with van der Waals surface area (Å²) in [6.07, 6.45) is 2.14. The highest BCUT2D eigenvalue weighted by Crippen LogP contribution is 2.49. The second kappa shape index (κ2) is 9.15. The van der Waals surface area contributed by atoms with Crippen LogP contribution in [0, 0.1) is 10.1 Å². The highest BCUT2D eigenvalue weighted by atomic mass is 32.2. The van der Waals surface area contributed by atoms with Crippen molar-refractivity contribution < 1.29 is 19.2 Å². The number of nitro benzene ring substituents is 1. The van der Waals surface area contributed by atoms with Crippen LogP contribution in [0.5, 0.6) is 5.75 Å². The highest BCUT2D eigenvalue weighted by Gasteiger charge is 2.33. The molecule has 1 heterocycles. The van der Waals surface area contributed by atoms with Crippen molar-refractivity contribution in [3.8, 4) is 5.75 Å². The van der Waals surface area contributed by atoms with Crippen molar-refractivity contribution >= 4 is 34.9 Å². The lowest BCUT2D eigenvalue weighted by Gasteiger charge is -2.24. The molecule has 0 unspecified atom stereocenters. The van der Waals surface area contributed by atoms with Crippen molar-refractivity contribution in [1.82, 2.24) is 0 Å². The Labute approximate surface area is 200 Å². The minimum absolute atomic E-state index is 0.0981. The molecule has 3 aromatic rings. The maximum Gasteiger partial charge on any atom is 0.343 e. The predicted octanol–water partition coefficient (Wildman–Crippen LogP) is 6.08. The molecule has 0 radical (unpaired) electrons. The van der Waals surface area contributed by atoms with Crippen LogP contribution in [0.15, 0.2) is 89.0 Å². The minimum atomic E-state index is -0.610. The Kier molecular flexibility index (Phi) is 5.90. The fourth-order valence-electron chi connectivity index (χ4n) is 4.18. The number of nitrogens with one attached hydrogen (secondary N) is 1. The molecule has 0 saturated carbocycles. The van der Waals surface area contributed by atoms with E-state index in [0.29, 0.717) is 12.2 Å². The Hall–Kier alpha value is -3.91. The molecule has 8 heteroatoms. The molecule has 1 aliphatic carbocycles. The van der Waals surface area contributed by atoms with Crippen LogP contribution < -0.4 is 10.1 Å². The minimum Gasteiger partial charge on any atom is -0.423 e. The second-order valence-electron chi connectivity index (χ2n) is 8.05. The summed E-state index contributed by atoms with van der Waals surface area (Å²) < 4.78 is 5.56. The largest absolute Gasteiger partial charge is 0.423 e. The van der Waals surface area contributed by atoms with E-state index in [0.717, 1.165) is 40.3 Å². The smallest absolute Gasteiger partial charge is 0.343 e. The predicted molar refractivity (Wildman–Crippen MR) is 129 cm³/mol. The summed E-state index contributed by atoms with van der Waals surface area (Å²) in [5.41, 5.74) is 3.68. The number of non-ortho nitro benzene ring substituents is 1. The van der Waals surface area contributed by atoms with E-state index < -0.39 is 10.9 Å². The monoisotopic (exact) mass is 472 g/mol. The van der Waals surface area contributed by atoms with Gasteiger partial charge in [0.2, 0.25) is 0 Å². The van der Waals surface area contributed by atoms with Gasteiger partial charge in [-0.25, -0.2) is 4.79 Å². The Morgan fingerprint density at radius 1 is 1.03 bits per heavy atom. The van der Waals surface area contributed by atoms with Crippen molar-refractivity contribution in [1.29, 1.82) is 0 Å². The molecule has 0 bridgehead atoms. The van der Waals surface area contributed by atoms with E-state index >= 15 is 0 Å². The van der Waals surface area contributed by atoms with E-state index in [-0.39, 0.29) is 22.3 Å². The SMILES string of the molecule is O=C1CCCC2=C1[C@H](c1cccc(OC(=O)c3ccc([N+](=O)[O-])cc3)c1)Sc1ccccc1N2. The number of fused-ring (bicyclic) bond motifs is 1. The first-order valence-electron chi connectivity index (χ1n) is 10.8. The van der Waals surface area contributed by atoms with Crippen molar-refractivity contribution in [3.05, 3.63) is 105 Å². The van der Waals surface area contributed by atoms with Gasteiger partial charge in [0.25, 0.3) is 5.69 Å². The third-order valence-electron chi connectivity index (χ3n) is 5.82. The van der Waals surface area contributed by atoms with E-state index in [2.05, 4.69) is 5.32 Å². The van der Waals surface area contributed by atoms with Gasteiger partial charge in [-0.05, 0) is 54.8 Å². The number of anilines is 1. The first-order chi connectivity index (χ1) is 16.5. The summed E-state index contributed by atoms with van der Waals surface area (Å²) in [4.78, 5) is 37.0. The third-order valence-corrected chi connectivity index (χ3v) is 7.17. The van der Waals surface area contributed by atoms with Crippen LogP contribution in [0.3, 0.4) is 0 Å². The fourth-order valence-corrected chi connectivity index (χ4v) is 5.51. The topological polar surface area (TPSA) is 98.5 Å². The van der Waals surface area contributed by atoms with Crippen LogP contribution in [-0.4, -0.2) is 16.7 Å². The lowest BCUT2D eigenvalue weighted by Crippen LogP contribution is -2.19. The van der Waals surface area contributed by atoms with E-state index in [1.54, 1.807) is 30.0 Å². The Morgan fingerprint density at radius 3 is 2.62 bits per heavy atom. The number of ketones is 1. The third kappa shape index (κ3) is 4.32. The Bertz CT molecular complexity index is 1330. The van der Waals surface area contributed by atoms with Gasteiger partial charge in [0.05, 0.1) is 21.4 Å². The van der Waals surface area contributed by atoms with Crippen LogP contribution >= 0.6 is 11.8 Å². The standard InChI is InChI=1S/C26H20N2O5S/c29-22-9-4-8-21-24(22)25(34-23-10-2-1-7-20(23)27-21)17-5-3-6-19(15-17)33-26(30)16-11-13-18(14-12-16)28(31)32/h1-3,5-7,10-15,25,27H,4,8-9H2/t25-/m0/s1. The molecule has 0 amide bonds. The molecular weight excluding hydrogens is 452 g/mol. The number of hydrogen-bond acceptors (Lipinski definition) is 7. The van der Waals surface area contributed by atoms with Crippen LogP contribution in [0.25, 0.3) is 0 Å². The second-order valence-corrected chi connectivity index (χ2v) is 9.20. The summed E-state index contributed by atoms with van der Waals surface area (Å²) >= 11 is 1.60. The number of nitrogens with zero attached hydrogens (tertiary/aromatic N) is 1. The maximum absolute atomic E-state index is 13.0.